The molecule has 0 unspecified atom stereocenters. The zero-order valence-corrected chi connectivity index (χ0v) is 16.4. The van der Waals surface area contributed by atoms with Gasteiger partial charge in [0, 0.05) is 36.3 Å². The monoisotopic (exact) mass is 395 g/mol. The predicted molar refractivity (Wildman–Crippen MR) is 108 cm³/mol. The van der Waals surface area contributed by atoms with Crippen LogP contribution in [0.5, 0.6) is 17.2 Å². The van der Waals surface area contributed by atoms with Crippen molar-refractivity contribution in [2.75, 3.05) is 26.6 Å². The van der Waals surface area contributed by atoms with Crippen molar-refractivity contribution in [3.05, 3.63) is 52.1 Å². The van der Waals surface area contributed by atoms with Gasteiger partial charge in [0.2, 0.25) is 5.75 Å². The number of nitrogens with one attached hydrogen (secondary N) is 1. The van der Waals surface area contributed by atoms with E-state index in [1.807, 2.05) is 0 Å². The molecule has 150 valence electrons. The number of rotatable bonds is 5. The molecule has 1 amide bonds. The SMILES string of the molecule is COc1cc(NC(=O)c2ccc3c(=O)n4c(nc3c2)CCC4)cc(OC)c1OC. The summed E-state index contributed by atoms with van der Waals surface area (Å²) < 4.78 is 17.6. The molecule has 29 heavy (non-hydrogen) atoms. The van der Waals surface area contributed by atoms with Gasteiger partial charge in [-0.3, -0.25) is 14.2 Å². The van der Waals surface area contributed by atoms with Crippen LogP contribution >= 0.6 is 0 Å². The molecule has 8 heteroatoms. The maximum absolute atomic E-state index is 12.8. The zero-order chi connectivity index (χ0) is 20.5. The highest BCUT2D eigenvalue weighted by Gasteiger charge is 2.18. The van der Waals surface area contributed by atoms with Crippen molar-refractivity contribution in [3.8, 4) is 17.2 Å². The Bertz CT molecular complexity index is 1140. The number of benzene rings is 2. The first kappa shape index (κ1) is 18.8. The fraction of sp³-hybridized carbons (Fsp3) is 0.286. The van der Waals surface area contributed by atoms with E-state index < -0.39 is 0 Å². The van der Waals surface area contributed by atoms with Crippen LogP contribution in [-0.4, -0.2) is 36.8 Å². The second-order valence-electron chi connectivity index (χ2n) is 6.69. The molecule has 1 N–H and O–H groups in total. The lowest BCUT2D eigenvalue weighted by molar-refractivity contribution is 0.102. The van der Waals surface area contributed by atoms with Gasteiger partial charge in [-0.15, -0.1) is 0 Å². The van der Waals surface area contributed by atoms with Gasteiger partial charge in [0.15, 0.2) is 11.5 Å². The van der Waals surface area contributed by atoms with Gasteiger partial charge in [-0.1, -0.05) is 0 Å². The van der Waals surface area contributed by atoms with E-state index in [2.05, 4.69) is 10.3 Å². The average molecular weight is 395 g/mol. The van der Waals surface area contributed by atoms with E-state index >= 15 is 0 Å². The molecule has 8 nitrogen and oxygen atoms in total. The summed E-state index contributed by atoms with van der Waals surface area (Å²) in [5.41, 5.74) is 1.37. The maximum Gasteiger partial charge on any atom is 0.261 e. The average Bonchev–Trinajstić information content (AvgIpc) is 3.21. The molecule has 0 bridgehead atoms. The molecule has 1 aliphatic rings. The van der Waals surface area contributed by atoms with Crippen LogP contribution in [0.3, 0.4) is 0 Å². The molecule has 2 aromatic carbocycles. The van der Waals surface area contributed by atoms with Crippen molar-refractivity contribution in [2.24, 2.45) is 0 Å². The quantitative estimate of drug-likeness (QED) is 0.714. The molecule has 4 rings (SSSR count). The lowest BCUT2D eigenvalue weighted by Gasteiger charge is -2.14. The number of anilines is 1. The Balaban J connectivity index is 1.68. The van der Waals surface area contributed by atoms with Crippen LogP contribution in [0.4, 0.5) is 5.69 Å². The minimum Gasteiger partial charge on any atom is -0.493 e. The summed E-state index contributed by atoms with van der Waals surface area (Å²) in [4.78, 5) is 29.9. The van der Waals surface area contributed by atoms with Crippen LogP contribution in [0.2, 0.25) is 0 Å². The lowest BCUT2D eigenvalue weighted by atomic mass is 10.1. The number of aryl methyl sites for hydroxylation is 1. The first-order valence-electron chi connectivity index (χ1n) is 9.20. The van der Waals surface area contributed by atoms with Crippen molar-refractivity contribution in [1.82, 2.24) is 9.55 Å². The van der Waals surface area contributed by atoms with Gasteiger partial charge in [0.1, 0.15) is 5.82 Å². The first-order chi connectivity index (χ1) is 14.0. The number of nitrogens with zero attached hydrogens (tertiary/aromatic N) is 2. The third kappa shape index (κ3) is 3.26. The summed E-state index contributed by atoms with van der Waals surface area (Å²) >= 11 is 0. The van der Waals surface area contributed by atoms with Gasteiger partial charge in [0.25, 0.3) is 11.5 Å². The Morgan fingerprint density at radius 1 is 1.07 bits per heavy atom. The van der Waals surface area contributed by atoms with Gasteiger partial charge < -0.3 is 19.5 Å². The highest BCUT2D eigenvalue weighted by Crippen LogP contribution is 2.40. The summed E-state index contributed by atoms with van der Waals surface area (Å²) in [6.45, 7) is 0.695. The van der Waals surface area contributed by atoms with Gasteiger partial charge >= 0.3 is 0 Å². The molecular formula is C21H21N3O5. The summed E-state index contributed by atoms with van der Waals surface area (Å²) in [5, 5.41) is 3.34. The van der Waals surface area contributed by atoms with Crippen molar-refractivity contribution >= 4 is 22.5 Å². The Morgan fingerprint density at radius 2 is 1.79 bits per heavy atom. The number of aromatic nitrogens is 2. The molecular weight excluding hydrogens is 374 g/mol. The molecule has 0 radical (unpaired) electrons. The molecule has 0 spiro atoms. The number of amides is 1. The van der Waals surface area contributed by atoms with E-state index in [1.165, 1.54) is 21.3 Å². The highest BCUT2D eigenvalue weighted by molar-refractivity contribution is 6.06. The number of hydrogen-bond acceptors (Lipinski definition) is 6. The Morgan fingerprint density at radius 3 is 2.45 bits per heavy atom. The Kier molecular flexibility index (Phi) is 4.84. The predicted octanol–water partition coefficient (Wildman–Crippen LogP) is 2.62. The number of methoxy groups -OCH3 is 3. The second kappa shape index (κ2) is 7.46. The first-order valence-corrected chi connectivity index (χ1v) is 9.20. The molecule has 0 aliphatic carbocycles. The fourth-order valence-corrected chi connectivity index (χ4v) is 3.58. The summed E-state index contributed by atoms with van der Waals surface area (Å²) in [7, 11) is 4.53. The second-order valence-corrected chi connectivity index (χ2v) is 6.69. The fourth-order valence-electron chi connectivity index (χ4n) is 3.58. The number of carbonyl (C=O) groups excluding carboxylic acids is 1. The number of hydrogen-bond donors (Lipinski definition) is 1. The van der Waals surface area contributed by atoms with Crippen LogP contribution < -0.4 is 25.1 Å². The zero-order valence-electron chi connectivity index (χ0n) is 16.4. The standard InChI is InChI=1S/C21H21N3O5/c1-27-16-10-13(11-17(28-2)19(16)29-3)22-20(25)12-6-7-14-15(9-12)23-18-5-4-8-24(18)21(14)26/h6-7,9-11H,4-5,8H2,1-3H3,(H,22,25). The largest absolute Gasteiger partial charge is 0.493 e. The summed E-state index contributed by atoms with van der Waals surface area (Å²) in [6, 6.07) is 8.22. The Hall–Kier alpha value is -3.55. The lowest BCUT2D eigenvalue weighted by Crippen LogP contribution is -2.21. The van der Waals surface area contributed by atoms with Crippen LogP contribution in [-0.2, 0) is 13.0 Å². The summed E-state index contributed by atoms with van der Waals surface area (Å²) in [6.07, 6.45) is 1.68. The molecule has 0 saturated carbocycles. The van der Waals surface area contributed by atoms with Crippen molar-refractivity contribution < 1.29 is 19.0 Å². The van der Waals surface area contributed by atoms with E-state index in [-0.39, 0.29) is 11.5 Å². The number of carbonyl (C=O) groups is 1. The van der Waals surface area contributed by atoms with Crippen LogP contribution in [0.25, 0.3) is 10.9 Å². The topological polar surface area (TPSA) is 91.7 Å². The number of fused-ring (bicyclic) bond motifs is 2. The van der Waals surface area contributed by atoms with Crippen LogP contribution in [0.1, 0.15) is 22.6 Å². The third-order valence-electron chi connectivity index (χ3n) is 5.00. The van der Waals surface area contributed by atoms with E-state index in [1.54, 1.807) is 34.9 Å². The van der Waals surface area contributed by atoms with E-state index in [0.717, 1.165) is 18.7 Å². The minimum atomic E-state index is -0.330. The van der Waals surface area contributed by atoms with E-state index in [0.29, 0.717) is 45.9 Å². The van der Waals surface area contributed by atoms with E-state index in [4.69, 9.17) is 14.2 Å². The van der Waals surface area contributed by atoms with Crippen LogP contribution in [0.15, 0.2) is 35.1 Å². The molecule has 0 fully saturated rings. The molecule has 2 heterocycles. The Labute approximate surface area is 167 Å². The van der Waals surface area contributed by atoms with Crippen molar-refractivity contribution in [2.45, 2.75) is 19.4 Å². The molecule has 0 saturated heterocycles. The molecule has 0 atom stereocenters. The molecule has 1 aliphatic heterocycles. The molecule has 1 aromatic heterocycles. The van der Waals surface area contributed by atoms with E-state index in [9.17, 15) is 9.59 Å². The maximum atomic E-state index is 12.8. The highest BCUT2D eigenvalue weighted by atomic mass is 16.5. The van der Waals surface area contributed by atoms with Gasteiger partial charge in [0.05, 0.1) is 32.2 Å². The minimum absolute atomic E-state index is 0.0564. The summed E-state index contributed by atoms with van der Waals surface area (Å²) in [5.74, 6) is 1.75. The van der Waals surface area contributed by atoms with Crippen LogP contribution in [0, 0.1) is 0 Å². The third-order valence-corrected chi connectivity index (χ3v) is 5.00. The van der Waals surface area contributed by atoms with Gasteiger partial charge in [-0.25, -0.2) is 4.98 Å². The molecule has 3 aromatic rings. The van der Waals surface area contributed by atoms with Gasteiger partial charge in [-0.05, 0) is 24.6 Å². The number of ether oxygens (including phenoxy) is 3. The normalized spacial score (nSPS) is 12.5. The smallest absolute Gasteiger partial charge is 0.261 e. The van der Waals surface area contributed by atoms with Crippen molar-refractivity contribution in [3.63, 3.8) is 0 Å². The van der Waals surface area contributed by atoms with Crippen molar-refractivity contribution in [1.29, 1.82) is 0 Å². The van der Waals surface area contributed by atoms with Gasteiger partial charge in [-0.2, -0.15) is 0 Å².